The minimum Gasteiger partial charge on any atom is -0.483 e. The SMILES string of the molecule is NC(=O)C1CCN(C(=O)COc2cc(S(=O)(=O)O)c3ccc4c(S(=O)(=O)O)cc(S(=O)(=O)O)c5ccc2c3c54)CC1. The second kappa shape index (κ2) is 9.74. The van der Waals surface area contributed by atoms with Crippen LogP contribution in [0, 0.1) is 5.92 Å². The maximum atomic E-state index is 12.8. The van der Waals surface area contributed by atoms with Crippen molar-refractivity contribution in [2.24, 2.45) is 11.7 Å². The summed E-state index contributed by atoms with van der Waals surface area (Å²) in [5.41, 5.74) is 5.32. The molecule has 41 heavy (non-hydrogen) atoms. The van der Waals surface area contributed by atoms with Crippen molar-refractivity contribution < 1.29 is 53.2 Å². The summed E-state index contributed by atoms with van der Waals surface area (Å²) in [5, 5.41) is -0.700. The van der Waals surface area contributed by atoms with Crippen LogP contribution in [0.15, 0.2) is 51.1 Å². The standard InChI is InChI=1S/C24H22N2O12S3/c25-24(28)12-5-7-26(8-6-12)21(27)11-38-17-9-18(39(29,30)31)14-3-4-16-20(41(35,36)37)10-19(40(32,33)34)15-2-1-13(17)22(14)23(15)16/h1-4,9-10,12H,5-8,11H2,(H2,25,28)(H,29,30,31)(H,32,33,34)(H,35,36,37). The number of primary amides is 1. The molecule has 1 aliphatic rings. The summed E-state index contributed by atoms with van der Waals surface area (Å²) in [4.78, 5) is 23.3. The van der Waals surface area contributed by atoms with Crippen molar-refractivity contribution in [3.63, 3.8) is 0 Å². The highest BCUT2D eigenvalue weighted by Gasteiger charge is 2.29. The summed E-state index contributed by atoms with van der Waals surface area (Å²) < 4.78 is 109. The molecule has 1 aliphatic heterocycles. The van der Waals surface area contributed by atoms with Crippen LogP contribution in [0.5, 0.6) is 5.75 Å². The second-order valence-electron chi connectivity index (χ2n) is 9.59. The van der Waals surface area contributed by atoms with Crippen LogP contribution in [0.25, 0.3) is 32.3 Å². The van der Waals surface area contributed by atoms with Crippen LogP contribution in [0.2, 0.25) is 0 Å². The van der Waals surface area contributed by atoms with Gasteiger partial charge in [-0.3, -0.25) is 23.2 Å². The van der Waals surface area contributed by atoms with E-state index in [0.717, 1.165) is 18.2 Å². The summed E-state index contributed by atoms with van der Waals surface area (Å²) in [6.07, 6.45) is 0.720. The lowest BCUT2D eigenvalue weighted by Gasteiger charge is -2.30. The van der Waals surface area contributed by atoms with Crippen molar-refractivity contribution in [2.45, 2.75) is 27.5 Å². The van der Waals surface area contributed by atoms with Gasteiger partial charge in [-0.15, -0.1) is 0 Å². The first kappa shape index (κ1) is 28.9. The van der Waals surface area contributed by atoms with Crippen LogP contribution in [-0.4, -0.2) is 75.3 Å². The van der Waals surface area contributed by atoms with Crippen molar-refractivity contribution >= 4 is 74.5 Å². The van der Waals surface area contributed by atoms with Crippen molar-refractivity contribution in [2.75, 3.05) is 19.7 Å². The molecule has 5 N–H and O–H groups in total. The lowest BCUT2D eigenvalue weighted by Crippen LogP contribution is -2.43. The first-order valence-electron chi connectivity index (χ1n) is 11.9. The molecule has 4 aromatic carbocycles. The number of nitrogens with two attached hydrogens (primary N) is 1. The molecule has 0 aliphatic carbocycles. The smallest absolute Gasteiger partial charge is 0.295 e. The van der Waals surface area contributed by atoms with E-state index in [1.807, 2.05) is 0 Å². The molecule has 0 radical (unpaired) electrons. The Balaban J connectivity index is 1.72. The molecule has 0 unspecified atom stereocenters. The number of piperidine rings is 1. The molecular formula is C24H22N2O12S3. The minimum absolute atomic E-state index is 0.0738. The third-order valence-corrected chi connectivity index (χ3v) is 9.86. The van der Waals surface area contributed by atoms with E-state index in [2.05, 4.69) is 0 Å². The van der Waals surface area contributed by atoms with Crippen molar-refractivity contribution in [1.82, 2.24) is 4.90 Å². The Labute approximate surface area is 233 Å². The van der Waals surface area contributed by atoms with Crippen LogP contribution < -0.4 is 10.5 Å². The number of hydrogen-bond acceptors (Lipinski definition) is 9. The molecule has 0 saturated carbocycles. The van der Waals surface area contributed by atoms with Gasteiger partial charge in [-0.05, 0) is 25.0 Å². The molecule has 17 heteroatoms. The van der Waals surface area contributed by atoms with Gasteiger partial charge in [-0.25, -0.2) is 0 Å². The van der Waals surface area contributed by atoms with Crippen molar-refractivity contribution in [3.05, 3.63) is 36.4 Å². The number of nitrogens with zero attached hydrogens (tertiary/aromatic N) is 1. The number of carbonyl (C=O) groups excluding carboxylic acids is 2. The predicted octanol–water partition coefficient (Wildman–Crippen LogP) is 1.43. The lowest BCUT2D eigenvalue weighted by molar-refractivity contribution is -0.136. The van der Waals surface area contributed by atoms with E-state index in [0.29, 0.717) is 18.9 Å². The third kappa shape index (κ3) is 5.15. The van der Waals surface area contributed by atoms with Crippen LogP contribution >= 0.6 is 0 Å². The van der Waals surface area contributed by atoms with Gasteiger partial charge in [0.05, 0.1) is 0 Å². The molecule has 0 atom stereocenters. The molecule has 0 bridgehead atoms. The molecule has 1 fully saturated rings. The van der Waals surface area contributed by atoms with E-state index < -0.39 is 63.5 Å². The maximum Gasteiger partial charge on any atom is 0.295 e. The van der Waals surface area contributed by atoms with Crippen LogP contribution in [-0.2, 0) is 39.9 Å². The van der Waals surface area contributed by atoms with E-state index in [1.54, 1.807) is 0 Å². The van der Waals surface area contributed by atoms with Gasteiger partial charge in [-0.2, -0.15) is 25.3 Å². The highest BCUT2D eigenvalue weighted by atomic mass is 32.2. The molecule has 4 aromatic rings. The van der Waals surface area contributed by atoms with Gasteiger partial charge in [0.15, 0.2) is 6.61 Å². The zero-order valence-corrected chi connectivity index (χ0v) is 23.3. The lowest BCUT2D eigenvalue weighted by atomic mass is 9.93. The fraction of sp³-hybridized carbons (Fsp3) is 0.250. The van der Waals surface area contributed by atoms with E-state index in [4.69, 9.17) is 10.5 Å². The summed E-state index contributed by atoms with van der Waals surface area (Å²) in [5.74, 6) is -1.54. The number of rotatable bonds is 7. The molecular weight excluding hydrogens is 604 g/mol. The van der Waals surface area contributed by atoms with Gasteiger partial charge in [-0.1, -0.05) is 18.2 Å². The Morgan fingerprint density at radius 1 is 0.756 bits per heavy atom. The summed E-state index contributed by atoms with van der Waals surface area (Å²) in [7, 11) is -15.1. The molecule has 2 amide bonds. The molecule has 218 valence electrons. The van der Waals surface area contributed by atoms with Crippen LogP contribution in [0.4, 0.5) is 0 Å². The molecule has 1 saturated heterocycles. The number of benzene rings is 4. The Kier molecular flexibility index (Phi) is 6.87. The minimum atomic E-state index is -5.06. The second-order valence-corrected chi connectivity index (χ2v) is 13.8. The largest absolute Gasteiger partial charge is 0.483 e. The molecule has 14 nitrogen and oxygen atoms in total. The van der Waals surface area contributed by atoms with E-state index in [1.165, 1.54) is 17.0 Å². The summed E-state index contributed by atoms with van der Waals surface area (Å²) in [6, 6.07) is 6.36. The first-order valence-corrected chi connectivity index (χ1v) is 16.2. The normalized spacial score (nSPS) is 15.6. The number of carbonyl (C=O) groups is 2. The highest BCUT2D eigenvalue weighted by Crippen LogP contribution is 2.45. The molecule has 5 rings (SSSR count). The van der Waals surface area contributed by atoms with E-state index >= 15 is 0 Å². The van der Waals surface area contributed by atoms with Gasteiger partial charge in [0, 0.05) is 57.4 Å². The quantitative estimate of drug-likeness (QED) is 0.168. The van der Waals surface area contributed by atoms with Gasteiger partial charge in [0.1, 0.15) is 20.4 Å². The Morgan fingerprint density at radius 3 is 1.61 bits per heavy atom. The van der Waals surface area contributed by atoms with Gasteiger partial charge in [0.25, 0.3) is 36.3 Å². The molecule has 0 spiro atoms. The average Bonchev–Trinajstić information content (AvgIpc) is 2.88. The van der Waals surface area contributed by atoms with Gasteiger partial charge in [0.2, 0.25) is 5.91 Å². The Bertz CT molecular complexity index is 2030. The summed E-state index contributed by atoms with van der Waals surface area (Å²) in [6.45, 7) is -0.106. The van der Waals surface area contributed by atoms with Gasteiger partial charge >= 0.3 is 0 Å². The monoisotopic (exact) mass is 626 g/mol. The number of likely N-dealkylation sites (tertiary alicyclic amines) is 1. The highest BCUT2D eigenvalue weighted by molar-refractivity contribution is 7.87. The fourth-order valence-corrected chi connectivity index (χ4v) is 7.48. The van der Waals surface area contributed by atoms with Crippen LogP contribution in [0.3, 0.4) is 0 Å². The number of hydrogen-bond donors (Lipinski definition) is 4. The molecule has 1 heterocycles. The predicted molar refractivity (Wildman–Crippen MR) is 144 cm³/mol. The number of ether oxygens (including phenoxy) is 1. The Morgan fingerprint density at radius 2 is 1.17 bits per heavy atom. The van der Waals surface area contributed by atoms with Crippen molar-refractivity contribution in [3.8, 4) is 5.75 Å². The average molecular weight is 627 g/mol. The maximum absolute atomic E-state index is 12.8. The molecule has 0 aromatic heterocycles. The zero-order chi connectivity index (χ0) is 30.1. The first-order chi connectivity index (χ1) is 19.0. The van der Waals surface area contributed by atoms with Crippen LogP contribution in [0.1, 0.15) is 12.8 Å². The van der Waals surface area contributed by atoms with E-state index in [-0.39, 0.29) is 57.1 Å². The fourth-order valence-electron chi connectivity index (χ4n) is 5.27. The summed E-state index contributed by atoms with van der Waals surface area (Å²) >= 11 is 0. The van der Waals surface area contributed by atoms with E-state index in [9.17, 15) is 48.5 Å². The zero-order valence-electron chi connectivity index (χ0n) is 20.8. The Hall–Kier alpha value is -3.61. The van der Waals surface area contributed by atoms with Crippen molar-refractivity contribution in [1.29, 1.82) is 0 Å². The van der Waals surface area contributed by atoms with Gasteiger partial charge < -0.3 is 15.4 Å². The third-order valence-electron chi connectivity index (χ3n) is 7.18. The topological polar surface area (TPSA) is 236 Å². The number of amides is 2.